The number of anilines is 1. The van der Waals surface area contributed by atoms with Crippen LogP contribution in [0.1, 0.15) is 0 Å². The molecular formula is C14H17N3. The van der Waals surface area contributed by atoms with Gasteiger partial charge in [0.05, 0.1) is 6.07 Å². The molecule has 0 bridgehead atoms. The molecule has 1 unspecified atom stereocenters. The van der Waals surface area contributed by atoms with Crippen LogP contribution in [0.15, 0.2) is 43.0 Å². The number of nitrogens with zero attached hydrogens (tertiary/aromatic N) is 3. The Balaban J connectivity index is 1.95. The predicted molar refractivity (Wildman–Crippen MR) is 69.8 cm³/mol. The third-order valence-corrected chi connectivity index (χ3v) is 3.18. The Morgan fingerprint density at radius 2 is 1.82 bits per heavy atom. The fourth-order valence-corrected chi connectivity index (χ4v) is 2.18. The van der Waals surface area contributed by atoms with Crippen molar-refractivity contribution < 1.29 is 0 Å². The van der Waals surface area contributed by atoms with Crippen molar-refractivity contribution in [2.45, 2.75) is 6.04 Å². The lowest BCUT2D eigenvalue weighted by atomic mass is 10.2. The molecule has 88 valence electrons. The van der Waals surface area contributed by atoms with Crippen molar-refractivity contribution in [2.24, 2.45) is 0 Å². The van der Waals surface area contributed by atoms with Gasteiger partial charge in [-0.25, -0.2) is 0 Å². The van der Waals surface area contributed by atoms with E-state index in [-0.39, 0.29) is 6.04 Å². The van der Waals surface area contributed by atoms with E-state index in [4.69, 9.17) is 5.26 Å². The summed E-state index contributed by atoms with van der Waals surface area (Å²) in [4.78, 5) is 4.53. The van der Waals surface area contributed by atoms with Crippen LogP contribution in [0.3, 0.4) is 0 Å². The summed E-state index contributed by atoms with van der Waals surface area (Å²) in [5.74, 6) is 0. The van der Waals surface area contributed by atoms with Gasteiger partial charge in [0, 0.05) is 31.9 Å². The highest BCUT2D eigenvalue weighted by Crippen LogP contribution is 2.16. The average molecular weight is 227 g/mol. The van der Waals surface area contributed by atoms with Crippen molar-refractivity contribution >= 4 is 5.69 Å². The van der Waals surface area contributed by atoms with E-state index < -0.39 is 0 Å². The molecule has 2 rings (SSSR count). The Labute approximate surface area is 103 Å². The summed E-state index contributed by atoms with van der Waals surface area (Å²) in [6, 6.07) is 12.5. The second-order valence-electron chi connectivity index (χ2n) is 4.17. The van der Waals surface area contributed by atoms with Crippen LogP contribution < -0.4 is 4.90 Å². The molecule has 1 atom stereocenters. The molecular weight excluding hydrogens is 210 g/mol. The molecule has 0 aromatic heterocycles. The van der Waals surface area contributed by atoms with Crippen LogP contribution in [0.4, 0.5) is 5.69 Å². The minimum atomic E-state index is -0.145. The van der Waals surface area contributed by atoms with E-state index in [2.05, 4.69) is 46.7 Å². The number of para-hydroxylation sites is 1. The molecule has 3 heteroatoms. The van der Waals surface area contributed by atoms with Crippen LogP contribution in [0, 0.1) is 11.3 Å². The summed E-state index contributed by atoms with van der Waals surface area (Å²) in [5.41, 5.74) is 1.26. The standard InChI is InChI=1S/C14H17N3/c1-2-13(12-15)16-8-10-17(11-9-16)14-6-4-3-5-7-14/h2-7,13H,1,8-11H2. The fraction of sp³-hybridized carbons (Fsp3) is 0.357. The van der Waals surface area contributed by atoms with Gasteiger partial charge in [-0.15, -0.1) is 6.58 Å². The third kappa shape index (κ3) is 2.66. The van der Waals surface area contributed by atoms with Gasteiger partial charge in [0.25, 0.3) is 0 Å². The normalized spacial score (nSPS) is 18.4. The number of nitriles is 1. The van der Waals surface area contributed by atoms with Crippen LogP contribution in [-0.4, -0.2) is 37.1 Å². The number of rotatable bonds is 3. The van der Waals surface area contributed by atoms with E-state index >= 15 is 0 Å². The first-order valence-electron chi connectivity index (χ1n) is 5.91. The Morgan fingerprint density at radius 3 is 2.35 bits per heavy atom. The van der Waals surface area contributed by atoms with Crippen molar-refractivity contribution in [2.75, 3.05) is 31.1 Å². The minimum Gasteiger partial charge on any atom is -0.369 e. The van der Waals surface area contributed by atoms with Crippen molar-refractivity contribution in [3.05, 3.63) is 43.0 Å². The second kappa shape index (κ2) is 5.51. The molecule has 1 aromatic carbocycles. The molecule has 1 aromatic rings. The Bertz CT molecular complexity index is 399. The van der Waals surface area contributed by atoms with E-state index in [1.165, 1.54) is 5.69 Å². The van der Waals surface area contributed by atoms with Crippen LogP contribution in [0.2, 0.25) is 0 Å². The molecule has 17 heavy (non-hydrogen) atoms. The molecule has 1 aliphatic heterocycles. The molecule has 0 aliphatic carbocycles. The zero-order valence-electron chi connectivity index (χ0n) is 9.92. The molecule has 1 aliphatic rings. The van der Waals surface area contributed by atoms with Crippen LogP contribution >= 0.6 is 0 Å². The predicted octanol–water partition coefficient (Wildman–Crippen LogP) is 1.89. The van der Waals surface area contributed by atoms with E-state index in [0.717, 1.165) is 26.2 Å². The average Bonchev–Trinajstić information content (AvgIpc) is 2.42. The van der Waals surface area contributed by atoms with Gasteiger partial charge < -0.3 is 4.90 Å². The van der Waals surface area contributed by atoms with Crippen molar-refractivity contribution in [3.8, 4) is 6.07 Å². The molecule has 0 radical (unpaired) electrons. The smallest absolute Gasteiger partial charge is 0.116 e. The van der Waals surface area contributed by atoms with Gasteiger partial charge in [0.2, 0.25) is 0 Å². The lowest BCUT2D eigenvalue weighted by Gasteiger charge is -2.37. The highest BCUT2D eigenvalue weighted by molar-refractivity contribution is 5.46. The Morgan fingerprint density at radius 1 is 1.18 bits per heavy atom. The Hall–Kier alpha value is -1.79. The van der Waals surface area contributed by atoms with E-state index in [0.29, 0.717) is 0 Å². The van der Waals surface area contributed by atoms with Gasteiger partial charge in [-0.1, -0.05) is 24.3 Å². The molecule has 0 N–H and O–H groups in total. The largest absolute Gasteiger partial charge is 0.369 e. The summed E-state index contributed by atoms with van der Waals surface area (Å²) in [5, 5.41) is 8.98. The van der Waals surface area contributed by atoms with Gasteiger partial charge in [0.1, 0.15) is 6.04 Å². The van der Waals surface area contributed by atoms with E-state index in [1.807, 2.05) is 6.07 Å². The molecule has 1 fully saturated rings. The first-order valence-corrected chi connectivity index (χ1v) is 5.91. The molecule has 0 saturated carbocycles. The number of hydrogen-bond acceptors (Lipinski definition) is 3. The van der Waals surface area contributed by atoms with Crippen molar-refractivity contribution in [1.29, 1.82) is 5.26 Å². The number of hydrogen-bond donors (Lipinski definition) is 0. The third-order valence-electron chi connectivity index (χ3n) is 3.18. The van der Waals surface area contributed by atoms with Crippen molar-refractivity contribution in [1.82, 2.24) is 4.90 Å². The monoisotopic (exact) mass is 227 g/mol. The molecule has 1 saturated heterocycles. The zero-order valence-corrected chi connectivity index (χ0v) is 9.92. The summed E-state index contributed by atoms with van der Waals surface area (Å²) in [6.07, 6.45) is 1.72. The van der Waals surface area contributed by atoms with E-state index in [9.17, 15) is 0 Å². The highest BCUT2D eigenvalue weighted by Gasteiger charge is 2.21. The minimum absolute atomic E-state index is 0.145. The number of benzene rings is 1. The number of piperazine rings is 1. The summed E-state index contributed by atoms with van der Waals surface area (Å²) < 4.78 is 0. The van der Waals surface area contributed by atoms with Gasteiger partial charge >= 0.3 is 0 Å². The lowest BCUT2D eigenvalue weighted by molar-refractivity contribution is 0.248. The lowest BCUT2D eigenvalue weighted by Crippen LogP contribution is -2.49. The summed E-state index contributed by atoms with van der Waals surface area (Å²) >= 11 is 0. The van der Waals surface area contributed by atoms with Gasteiger partial charge in [-0.2, -0.15) is 5.26 Å². The first kappa shape index (κ1) is 11.7. The fourth-order valence-electron chi connectivity index (χ4n) is 2.18. The molecule has 1 heterocycles. The Kier molecular flexibility index (Phi) is 3.79. The second-order valence-corrected chi connectivity index (χ2v) is 4.17. The summed E-state index contributed by atoms with van der Waals surface area (Å²) in [6.45, 7) is 7.47. The SMILES string of the molecule is C=CC(C#N)N1CCN(c2ccccc2)CC1. The maximum atomic E-state index is 8.98. The molecule has 0 spiro atoms. The first-order chi connectivity index (χ1) is 8.35. The van der Waals surface area contributed by atoms with Crippen molar-refractivity contribution in [3.63, 3.8) is 0 Å². The maximum absolute atomic E-state index is 8.98. The zero-order chi connectivity index (χ0) is 12.1. The van der Waals surface area contributed by atoms with Gasteiger partial charge in [0.15, 0.2) is 0 Å². The summed E-state index contributed by atoms with van der Waals surface area (Å²) in [7, 11) is 0. The van der Waals surface area contributed by atoms with Gasteiger partial charge in [-0.3, -0.25) is 4.90 Å². The maximum Gasteiger partial charge on any atom is 0.116 e. The van der Waals surface area contributed by atoms with Crippen LogP contribution in [-0.2, 0) is 0 Å². The highest BCUT2D eigenvalue weighted by atomic mass is 15.3. The molecule has 0 amide bonds. The van der Waals surface area contributed by atoms with Crippen LogP contribution in [0.25, 0.3) is 0 Å². The van der Waals surface area contributed by atoms with Crippen LogP contribution in [0.5, 0.6) is 0 Å². The van der Waals surface area contributed by atoms with Gasteiger partial charge in [-0.05, 0) is 12.1 Å². The van der Waals surface area contributed by atoms with E-state index in [1.54, 1.807) is 6.08 Å². The topological polar surface area (TPSA) is 30.3 Å². The molecule has 3 nitrogen and oxygen atoms in total. The quantitative estimate of drug-likeness (QED) is 0.739.